The van der Waals surface area contributed by atoms with Gasteiger partial charge in [-0.3, -0.25) is 0 Å². The summed E-state index contributed by atoms with van der Waals surface area (Å²) in [6.07, 6.45) is 1.16. The lowest BCUT2D eigenvalue weighted by Gasteiger charge is -2.23. The third-order valence-corrected chi connectivity index (χ3v) is 3.00. The summed E-state index contributed by atoms with van der Waals surface area (Å²) in [6, 6.07) is 6.41. The van der Waals surface area contributed by atoms with E-state index in [-0.39, 0.29) is 5.56 Å². The molecule has 1 saturated heterocycles. The van der Waals surface area contributed by atoms with Crippen LogP contribution in [0.1, 0.15) is 31.3 Å². The van der Waals surface area contributed by atoms with Crippen molar-refractivity contribution in [3.8, 4) is 5.75 Å². The van der Waals surface area contributed by atoms with E-state index in [1.807, 2.05) is 0 Å². The highest BCUT2D eigenvalue weighted by molar-refractivity contribution is 5.27. The Kier molecular flexibility index (Phi) is 4.31. The van der Waals surface area contributed by atoms with E-state index in [2.05, 4.69) is 5.32 Å². The molecule has 17 heavy (non-hydrogen) atoms. The first kappa shape index (κ1) is 12.3. The standard InChI is InChI=1S/C13H17F2NO/c14-13(15)10-4-6-12(7-5-10)17-9-11-3-1-2-8-16-11/h4-7,11,13,16H,1-3,8-9H2. The summed E-state index contributed by atoms with van der Waals surface area (Å²) in [5, 5.41) is 3.37. The fourth-order valence-electron chi connectivity index (χ4n) is 1.97. The van der Waals surface area contributed by atoms with E-state index in [4.69, 9.17) is 4.74 Å². The van der Waals surface area contributed by atoms with Crippen molar-refractivity contribution in [1.29, 1.82) is 0 Å². The van der Waals surface area contributed by atoms with E-state index in [0.717, 1.165) is 13.0 Å². The maximum absolute atomic E-state index is 12.3. The maximum Gasteiger partial charge on any atom is 0.263 e. The molecule has 2 rings (SSSR count). The normalized spacial score (nSPS) is 20.5. The third kappa shape index (κ3) is 3.66. The minimum Gasteiger partial charge on any atom is -0.492 e. The molecular formula is C13H17F2NO. The lowest BCUT2D eigenvalue weighted by molar-refractivity contribution is 0.151. The van der Waals surface area contributed by atoms with Crippen LogP contribution in [-0.4, -0.2) is 19.2 Å². The molecular weight excluding hydrogens is 224 g/mol. The average molecular weight is 241 g/mol. The molecule has 0 amide bonds. The predicted molar refractivity (Wildman–Crippen MR) is 62.5 cm³/mol. The van der Waals surface area contributed by atoms with E-state index < -0.39 is 6.43 Å². The number of nitrogens with one attached hydrogen (secondary N) is 1. The molecule has 1 fully saturated rings. The van der Waals surface area contributed by atoms with E-state index in [1.54, 1.807) is 12.1 Å². The summed E-state index contributed by atoms with van der Waals surface area (Å²) in [5.41, 5.74) is 0.0353. The fourth-order valence-corrected chi connectivity index (χ4v) is 1.97. The molecule has 0 radical (unpaired) electrons. The summed E-state index contributed by atoms with van der Waals surface area (Å²) >= 11 is 0. The number of hydrogen-bond donors (Lipinski definition) is 1. The van der Waals surface area contributed by atoms with E-state index in [0.29, 0.717) is 18.4 Å². The zero-order valence-corrected chi connectivity index (χ0v) is 9.66. The van der Waals surface area contributed by atoms with Crippen LogP contribution in [0.2, 0.25) is 0 Å². The Morgan fingerprint density at radius 2 is 2.00 bits per heavy atom. The van der Waals surface area contributed by atoms with Crippen LogP contribution in [0.3, 0.4) is 0 Å². The molecule has 1 aromatic carbocycles. The fraction of sp³-hybridized carbons (Fsp3) is 0.538. The number of piperidine rings is 1. The van der Waals surface area contributed by atoms with Crippen LogP contribution in [0.4, 0.5) is 8.78 Å². The zero-order valence-electron chi connectivity index (χ0n) is 9.66. The van der Waals surface area contributed by atoms with Gasteiger partial charge in [0, 0.05) is 11.6 Å². The molecule has 1 unspecified atom stereocenters. The monoisotopic (exact) mass is 241 g/mol. The van der Waals surface area contributed by atoms with Crippen LogP contribution < -0.4 is 10.1 Å². The van der Waals surface area contributed by atoms with Crippen LogP contribution in [0.5, 0.6) is 5.75 Å². The van der Waals surface area contributed by atoms with Crippen molar-refractivity contribution in [2.75, 3.05) is 13.2 Å². The Hall–Kier alpha value is -1.16. The van der Waals surface area contributed by atoms with Gasteiger partial charge in [0.1, 0.15) is 12.4 Å². The molecule has 1 aliphatic rings. The van der Waals surface area contributed by atoms with E-state index >= 15 is 0 Å². The van der Waals surface area contributed by atoms with Gasteiger partial charge in [0.2, 0.25) is 0 Å². The molecule has 0 saturated carbocycles. The molecule has 94 valence electrons. The van der Waals surface area contributed by atoms with Crippen LogP contribution in [0, 0.1) is 0 Å². The van der Waals surface area contributed by atoms with Crippen molar-refractivity contribution in [1.82, 2.24) is 5.32 Å². The Labute approximate surface area is 100.0 Å². The lowest BCUT2D eigenvalue weighted by Crippen LogP contribution is -2.38. The van der Waals surface area contributed by atoms with Gasteiger partial charge in [-0.15, -0.1) is 0 Å². The number of alkyl halides is 2. The van der Waals surface area contributed by atoms with E-state index in [1.165, 1.54) is 25.0 Å². The van der Waals surface area contributed by atoms with Crippen molar-refractivity contribution in [3.05, 3.63) is 29.8 Å². The van der Waals surface area contributed by atoms with Crippen LogP contribution >= 0.6 is 0 Å². The summed E-state index contributed by atoms with van der Waals surface area (Å²) in [4.78, 5) is 0. The largest absolute Gasteiger partial charge is 0.492 e. The molecule has 1 atom stereocenters. The molecule has 1 N–H and O–H groups in total. The first-order chi connectivity index (χ1) is 8.25. The number of halogens is 2. The number of benzene rings is 1. The summed E-state index contributed by atoms with van der Waals surface area (Å²) in [5.74, 6) is 0.654. The Morgan fingerprint density at radius 3 is 2.59 bits per heavy atom. The second kappa shape index (κ2) is 5.96. The minimum atomic E-state index is -2.41. The highest BCUT2D eigenvalue weighted by Crippen LogP contribution is 2.21. The molecule has 0 spiro atoms. The Balaban J connectivity index is 1.82. The number of rotatable bonds is 4. The van der Waals surface area contributed by atoms with Crippen molar-refractivity contribution in [3.63, 3.8) is 0 Å². The maximum atomic E-state index is 12.3. The zero-order chi connectivity index (χ0) is 12.1. The van der Waals surface area contributed by atoms with Gasteiger partial charge >= 0.3 is 0 Å². The SMILES string of the molecule is FC(F)c1ccc(OCC2CCCCN2)cc1. The van der Waals surface area contributed by atoms with Crippen LogP contribution in [0.25, 0.3) is 0 Å². The Bertz CT molecular complexity index is 334. The molecule has 1 aliphatic heterocycles. The third-order valence-electron chi connectivity index (χ3n) is 3.00. The van der Waals surface area contributed by atoms with Crippen LogP contribution in [-0.2, 0) is 0 Å². The number of ether oxygens (including phenoxy) is 1. The Morgan fingerprint density at radius 1 is 1.24 bits per heavy atom. The van der Waals surface area contributed by atoms with Crippen LogP contribution in [0.15, 0.2) is 24.3 Å². The summed E-state index contributed by atoms with van der Waals surface area (Å²) in [6.45, 7) is 1.65. The molecule has 0 aromatic heterocycles. The highest BCUT2D eigenvalue weighted by Gasteiger charge is 2.13. The van der Waals surface area contributed by atoms with E-state index in [9.17, 15) is 8.78 Å². The smallest absolute Gasteiger partial charge is 0.263 e. The van der Waals surface area contributed by atoms with Crippen molar-refractivity contribution < 1.29 is 13.5 Å². The molecule has 4 heteroatoms. The van der Waals surface area contributed by atoms with Crippen molar-refractivity contribution >= 4 is 0 Å². The highest BCUT2D eigenvalue weighted by atomic mass is 19.3. The lowest BCUT2D eigenvalue weighted by atomic mass is 10.1. The second-order valence-electron chi connectivity index (χ2n) is 4.33. The first-order valence-corrected chi connectivity index (χ1v) is 6.00. The van der Waals surface area contributed by atoms with Crippen molar-refractivity contribution in [2.24, 2.45) is 0 Å². The van der Waals surface area contributed by atoms with Gasteiger partial charge in [-0.25, -0.2) is 8.78 Å². The minimum absolute atomic E-state index is 0.0353. The summed E-state index contributed by atoms with van der Waals surface area (Å²) < 4.78 is 30.2. The number of hydrogen-bond acceptors (Lipinski definition) is 2. The van der Waals surface area contributed by atoms with Gasteiger partial charge in [0.05, 0.1) is 0 Å². The molecule has 0 bridgehead atoms. The molecule has 0 aliphatic carbocycles. The van der Waals surface area contributed by atoms with Gasteiger partial charge in [-0.05, 0) is 43.7 Å². The van der Waals surface area contributed by atoms with Gasteiger partial charge in [-0.2, -0.15) is 0 Å². The predicted octanol–water partition coefficient (Wildman–Crippen LogP) is 3.15. The molecule has 2 nitrogen and oxygen atoms in total. The molecule has 1 heterocycles. The quantitative estimate of drug-likeness (QED) is 0.874. The second-order valence-corrected chi connectivity index (χ2v) is 4.33. The summed E-state index contributed by atoms with van der Waals surface area (Å²) in [7, 11) is 0. The average Bonchev–Trinajstić information content (AvgIpc) is 2.38. The van der Waals surface area contributed by atoms with Gasteiger partial charge < -0.3 is 10.1 Å². The topological polar surface area (TPSA) is 21.3 Å². The first-order valence-electron chi connectivity index (χ1n) is 6.00. The van der Waals surface area contributed by atoms with Crippen molar-refractivity contribution in [2.45, 2.75) is 31.7 Å². The molecule has 1 aromatic rings. The van der Waals surface area contributed by atoms with Gasteiger partial charge in [0.15, 0.2) is 0 Å². The van der Waals surface area contributed by atoms with Gasteiger partial charge in [0.25, 0.3) is 6.43 Å². The van der Waals surface area contributed by atoms with Gasteiger partial charge in [-0.1, -0.05) is 6.42 Å².